The summed E-state index contributed by atoms with van der Waals surface area (Å²) in [6.45, 7) is -2.26. The lowest BCUT2D eigenvalue weighted by atomic mass is 9.84. The Morgan fingerprint density at radius 3 is 2.52 bits per heavy atom. The maximum Gasteiger partial charge on any atom is 0.408 e. The van der Waals surface area contributed by atoms with E-state index in [4.69, 9.17) is 0 Å². The van der Waals surface area contributed by atoms with Crippen LogP contribution in [-0.2, 0) is 6.54 Å². The molecule has 4 heterocycles. The quantitative estimate of drug-likeness (QED) is 0.193. The van der Waals surface area contributed by atoms with Crippen LogP contribution >= 0.6 is 0 Å². The molecule has 1 fully saturated rings. The minimum absolute atomic E-state index is 0.132. The summed E-state index contributed by atoms with van der Waals surface area (Å²) < 4.78 is 66.3. The number of aliphatic hydroxyl groups is 1. The van der Waals surface area contributed by atoms with Gasteiger partial charge in [0.2, 0.25) is 0 Å². The van der Waals surface area contributed by atoms with E-state index in [1.807, 2.05) is 0 Å². The predicted octanol–water partition coefficient (Wildman–Crippen LogP) is 5.96. The number of hydrogen-bond acceptors (Lipinski definition) is 8. The Morgan fingerprint density at radius 2 is 1.83 bits per heavy atom. The van der Waals surface area contributed by atoms with Gasteiger partial charge in [0.1, 0.15) is 18.2 Å². The van der Waals surface area contributed by atoms with Crippen molar-refractivity contribution >= 4 is 17.3 Å². The fourth-order valence-electron chi connectivity index (χ4n) is 5.13. The van der Waals surface area contributed by atoms with E-state index in [1.54, 1.807) is 19.1 Å². The van der Waals surface area contributed by atoms with Crippen LogP contribution in [0, 0.1) is 12.8 Å². The van der Waals surface area contributed by atoms with E-state index in [2.05, 4.69) is 35.8 Å². The highest BCUT2D eigenvalue weighted by Crippen LogP contribution is 2.34. The first-order chi connectivity index (χ1) is 20.1. The van der Waals surface area contributed by atoms with Crippen molar-refractivity contribution in [3.8, 4) is 22.6 Å². The first-order valence-electron chi connectivity index (χ1n) is 13.5. The molecule has 224 valence electrons. The first kappa shape index (κ1) is 29.4. The molecule has 0 amide bonds. The smallest absolute Gasteiger partial charge is 0.396 e. The summed E-state index contributed by atoms with van der Waals surface area (Å²) in [7, 11) is 0. The van der Waals surface area contributed by atoms with Crippen LogP contribution < -0.4 is 10.6 Å². The molecule has 1 aliphatic rings. The van der Waals surface area contributed by atoms with Crippen LogP contribution in [0.4, 0.5) is 39.3 Å². The maximum atomic E-state index is 13.2. The highest BCUT2D eigenvalue weighted by Gasteiger charge is 2.29. The Labute approximate surface area is 238 Å². The molecule has 0 atom stereocenters. The molecule has 4 aromatic heterocycles. The topological polar surface area (TPSA) is 119 Å². The van der Waals surface area contributed by atoms with Crippen LogP contribution in [0.3, 0.4) is 0 Å². The van der Waals surface area contributed by atoms with Crippen molar-refractivity contribution < 1.29 is 27.1 Å². The van der Waals surface area contributed by atoms with E-state index in [0.29, 0.717) is 50.4 Å². The van der Waals surface area contributed by atoms with Crippen molar-refractivity contribution in [1.29, 1.82) is 0 Å². The van der Waals surface area contributed by atoms with Gasteiger partial charge in [-0.3, -0.25) is 4.68 Å². The molecule has 0 spiro atoms. The lowest BCUT2D eigenvalue weighted by molar-refractivity contribution is -0.142. The van der Waals surface area contributed by atoms with Gasteiger partial charge in [0.15, 0.2) is 5.82 Å². The lowest BCUT2D eigenvalue weighted by Gasteiger charge is -2.30. The number of rotatable bonds is 10. The van der Waals surface area contributed by atoms with E-state index in [9.17, 15) is 27.1 Å². The van der Waals surface area contributed by atoms with Crippen molar-refractivity contribution in [1.82, 2.24) is 34.5 Å². The zero-order chi connectivity index (χ0) is 29.9. The molecule has 3 N–H and O–H groups in total. The highest BCUT2D eigenvalue weighted by atomic mass is 19.4. The van der Waals surface area contributed by atoms with Crippen molar-refractivity contribution in [2.24, 2.45) is 5.92 Å². The number of pyridine rings is 1. The van der Waals surface area contributed by atoms with Gasteiger partial charge in [-0.15, -0.1) is 0 Å². The molecule has 4 aromatic rings. The van der Waals surface area contributed by atoms with Crippen molar-refractivity contribution in [3.05, 3.63) is 48.7 Å². The number of hydrogen-bond donors (Lipinski definition) is 3. The second kappa shape index (κ2) is 12.4. The molecule has 0 radical (unpaired) electrons. The number of nitrogens with one attached hydrogen (secondary N) is 2. The highest BCUT2D eigenvalue weighted by molar-refractivity contribution is 5.78. The summed E-state index contributed by atoms with van der Waals surface area (Å²) in [5.41, 5.74) is 2.24. The maximum absolute atomic E-state index is 13.2. The molecule has 0 unspecified atom stereocenters. The SMILES string of the molecule is Cc1nn(CC(F)(F)F)cc1-c1nccc(Nc2cc(NC3CCC(CCO)CC3)c(-c3ccn(C(F)F)n3)cn2)n1. The lowest BCUT2D eigenvalue weighted by Crippen LogP contribution is -2.26. The molecule has 5 rings (SSSR count). The van der Waals surface area contributed by atoms with E-state index < -0.39 is 19.3 Å². The third kappa shape index (κ3) is 7.19. The summed E-state index contributed by atoms with van der Waals surface area (Å²) in [6.07, 6.45) is 5.53. The Morgan fingerprint density at radius 1 is 1.05 bits per heavy atom. The molecular formula is C27H30F5N9O. The summed E-state index contributed by atoms with van der Waals surface area (Å²) >= 11 is 0. The second-order valence-electron chi connectivity index (χ2n) is 10.3. The summed E-state index contributed by atoms with van der Waals surface area (Å²) in [6, 6.07) is 4.96. The van der Waals surface area contributed by atoms with Gasteiger partial charge in [0.25, 0.3) is 0 Å². The number of nitrogens with zero attached hydrogens (tertiary/aromatic N) is 7. The normalized spacial score (nSPS) is 17.5. The summed E-state index contributed by atoms with van der Waals surface area (Å²) in [4.78, 5) is 13.1. The minimum Gasteiger partial charge on any atom is -0.396 e. The zero-order valence-electron chi connectivity index (χ0n) is 22.7. The predicted molar refractivity (Wildman–Crippen MR) is 145 cm³/mol. The molecule has 0 aromatic carbocycles. The third-order valence-corrected chi connectivity index (χ3v) is 7.17. The second-order valence-corrected chi connectivity index (χ2v) is 10.3. The number of aromatic nitrogens is 7. The molecule has 15 heteroatoms. The number of anilines is 3. The Hall–Kier alpha value is -4.14. The minimum atomic E-state index is -4.42. The molecule has 42 heavy (non-hydrogen) atoms. The van der Waals surface area contributed by atoms with Crippen molar-refractivity contribution in [2.75, 3.05) is 17.2 Å². The number of aliphatic hydroxyl groups excluding tert-OH is 1. The molecule has 1 saturated carbocycles. The van der Waals surface area contributed by atoms with Crippen molar-refractivity contribution in [3.63, 3.8) is 0 Å². The Kier molecular flexibility index (Phi) is 8.66. The van der Waals surface area contributed by atoms with Gasteiger partial charge in [0.05, 0.1) is 17.0 Å². The van der Waals surface area contributed by atoms with E-state index in [1.165, 1.54) is 30.9 Å². The number of alkyl halides is 5. The van der Waals surface area contributed by atoms with Gasteiger partial charge in [0, 0.05) is 54.8 Å². The van der Waals surface area contributed by atoms with Gasteiger partial charge in [-0.2, -0.15) is 32.1 Å². The molecule has 0 saturated heterocycles. The molecule has 10 nitrogen and oxygen atoms in total. The monoisotopic (exact) mass is 591 g/mol. The van der Waals surface area contributed by atoms with Crippen molar-refractivity contribution in [2.45, 2.75) is 64.3 Å². The fourth-order valence-corrected chi connectivity index (χ4v) is 5.13. The largest absolute Gasteiger partial charge is 0.408 e. The van der Waals surface area contributed by atoms with Gasteiger partial charge >= 0.3 is 12.7 Å². The average Bonchev–Trinajstić information content (AvgIpc) is 3.56. The van der Waals surface area contributed by atoms with Gasteiger partial charge < -0.3 is 15.7 Å². The van der Waals surface area contributed by atoms with E-state index in [0.717, 1.165) is 36.8 Å². The first-order valence-corrected chi connectivity index (χ1v) is 13.5. The van der Waals surface area contributed by atoms with E-state index in [-0.39, 0.29) is 18.5 Å². The Balaban J connectivity index is 1.39. The van der Waals surface area contributed by atoms with Gasteiger partial charge in [-0.05, 0) is 57.1 Å². The molecule has 1 aliphatic carbocycles. The molecule has 0 aliphatic heterocycles. The summed E-state index contributed by atoms with van der Waals surface area (Å²) in [5, 5.41) is 23.8. The van der Waals surface area contributed by atoms with Crippen LogP contribution in [0.2, 0.25) is 0 Å². The van der Waals surface area contributed by atoms with Crippen LogP contribution in [-0.4, -0.2) is 58.4 Å². The average molecular weight is 592 g/mol. The Bertz CT molecular complexity index is 1500. The van der Waals surface area contributed by atoms with Crippen LogP contribution in [0.1, 0.15) is 44.3 Å². The molecular weight excluding hydrogens is 561 g/mol. The zero-order valence-corrected chi connectivity index (χ0v) is 22.7. The fraction of sp³-hybridized carbons (Fsp3) is 0.444. The van der Waals surface area contributed by atoms with Gasteiger partial charge in [-0.25, -0.2) is 19.6 Å². The number of halogens is 5. The van der Waals surface area contributed by atoms with Crippen LogP contribution in [0.25, 0.3) is 22.6 Å². The van der Waals surface area contributed by atoms with Gasteiger partial charge in [-0.1, -0.05) is 0 Å². The summed E-state index contributed by atoms with van der Waals surface area (Å²) in [5.74, 6) is 1.41. The van der Waals surface area contributed by atoms with Crippen LogP contribution in [0.15, 0.2) is 43.0 Å². The van der Waals surface area contributed by atoms with E-state index >= 15 is 0 Å². The third-order valence-electron chi connectivity index (χ3n) is 7.17. The standard InChI is InChI=1S/C27H30F5N9O/c1-16-20(14-40(38-16)15-27(30,31)32)25-33-9-6-23(37-25)36-24-12-22(35-18-4-2-17(3-5-18)8-11-42)19(13-34-24)21-7-10-41(39-21)26(28)29/h6-7,9-10,12-14,17-18,26,42H,2-5,8,11,15H2,1H3,(H2,33,34,35,36,37). The number of aryl methyl sites for hydroxylation is 1. The van der Waals surface area contributed by atoms with Crippen LogP contribution in [0.5, 0.6) is 0 Å². The molecule has 0 bridgehead atoms.